The molecule has 3 nitrogen and oxygen atoms in total. The van der Waals surface area contributed by atoms with Gasteiger partial charge in [-0.1, -0.05) is 0 Å². The number of anilines is 1. The molecule has 86 valence electrons. The Balaban J connectivity index is 2.05. The van der Waals surface area contributed by atoms with Crippen molar-refractivity contribution in [1.29, 1.82) is 5.26 Å². The molecule has 0 aliphatic carbocycles. The van der Waals surface area contributed by atoms with Gasteiger partial charge in [-0.25, -0.2) is 4.98 Å². The minimum absolute atomic E-state index is 0.723. The third kappa shape index (κ3) is 2.83. The van der Waals surface area contributed by atoms with Crippen LogP contribution in [0, 0.1) is 25.2 Å². The Hall–Kier alpha value is -1.86. The fourth-order valence-electron chi connectivity index (χ4n) is 1.56. The van der Waals surface area contributed by atoms with Crippen molar-refractivity contribution in [2.75, 3.05) is 5.32 Å². The summed E-state index contributed by atoms with van der Waals surface area (Å²) in [6.45, 7) is 4.66. The highest BCUT2D eigenvalue weighted by Crippen LogP contribution is 2.16. The van der Waals surface area contributed by atoms with Crippen LogP contribution >= 0.6 is 11.3 Å². The molecule has 17 heavy (non-hydrogen) atoms. The fourth-order valence-corrected chi connectivity index (χ4v) is 2.27. The van der Waals surface area contributed by atoms with Crippen LogP contribution in [0.4, 0.5) is 5.69 Å². The first-order valence-electron chi connectivity index (χ1n) is 5.34. The molecule has 1 N–H and O–H groups in total. The lowest BCUT2D eigenvalue weighted by Crippen LogP contribution is -1.99. The highest BCUT2D eigenvalue weighted by atomic mass is 32.1. The smallest absolute Gasteiger partial charge is 0.112 e. The summed E-state index contributed by atoms with van der Waals surface area (Å²) < 4.78 is 0. The first-order valence-corrected chi connectivity index (χ1v) is 6.22. The Kier molecular flexibility index (Phi) is 3.40. The van der Waals surface area contributed by atoms with Gasteiger partial charge in [-0.15, -0.1) is 11.3 Å². The number of aromatic nitrogens is 1. The Bertz CT molecular complexity index is 566. The van der Waals surface area contributed by atoms with Crippen molar-refractivity contribution in [3.8, 4) is 6.07 Å². The van der Waals surface area contributed by atoms with Crippen molar-refractivity contribution >= 4 is 17.0 Å². The highest BCUT2D eigenvalue weighted by molar-refractivity contribution is 7.09. The van der Waals surface area contributed by atoms with E-state index in [9.17, 15) is 0 Å². The van der Waals surface area contributed by atoms with Gasteiger partial charge in [0.25, 0.3) is 0 Å². The first-order chi connectivity index (χ1) is 8.19. The van der Waals surface area contributed by atoms with Crippen LogP contribution in [0.1, 0.15) is 21.8 Å². The van der Waals surface area contributed by atoms with Crippen molar-refractivity contribution in [2.24, 2.45) is 0 Å². The molecule has 0 saturated heterocycles. The third-order valence-corrected chi connectivity index (χ3v) is 3.42. The highest BCUT2D eigenvalue weighted by Gasteiger charge is 2.01. The van der Waals surface area contributed by atoms with Gasteiger partial charge in [0.05, 0.1) is 18.2 Å². The summed E-state index contributed by atoms with van der Waals surface area (Å²) >= 11 is 1.65. The summed E-state index contributed by atoms with van der Waals surface area (Å²) in [7, 11) is 0. The maximum absolute atomic E-state index is 8.84. The predicted octanol–water partition coefficient (Wildman–Crippen LogP) is 3.24. The molecule has 0 aliphatic rings. The minimum Gasteiger partial charge on any atom is -0.379 e. The standard InChI is InChI=1S/C13H13N3S/c1-9-5-12(4-3-11(9)6-14)15-7-13-16-10(2)8-17-13/h3-5,8,15H,7H2,1-2H3. The van der Waals surface area contributed by atoms with Crippen LogP contribution < -0.4 is 5.32 Å². The molecule has 4 heteroatoms. The maximum Gasteiger partial charge on any atom is 0.112 e. The van der Waals surface area contributed by atoms with E-state index in [-0.39, 0.29) is 0 Å². The van der Waals surface area contributed by atoms with E-state index in [2.05, 4.69) is 16.4 Å². The summed E-state index contributed by atoms with van der Waals surface area (Å²) in [5, 5.41) is 15.3. The molecule has 0 spiro atoms. The van der Waals surface area contributed by atoms with Gasteiger partial charge in [0.1, 0.15) is 5.01 Å². The Morgan fingerprint density at radius 2 is 2.24 bits per heavy atom. The van der Waals surface area contributed by atoms with Crippen molar-refractivity contribution in [1.82, 2.24) is 4.98 Å². The number of benzene rings is 1. The number of nitrogens with zero attached hydrogens (tertiary/aromatic N) is 2. The van der Waals surface area contributed by atoms with Crippen LogP contribution in [0.25, 0.3) is 0 Å². The first kappa shape index (κ1) is 11.6. The average Bonchev–Trinajstić information content (AvgIpc) is 2.73. The number of aryl methyl sites for hydroxylation is 2. The second-order valence-electron chi connectivity index (χ2n) is 3.88. The van der Waals surface area contributed by atoms with Crippen molar-refractivity contribution < 1.29 is 0 Å². The molecule has 0 atom stereocenters. The van der Waals surface area contributed by atoms with E-state index in [1.165, 1.54) is 0 Å². The van der Waals surface area contributed by atoms with Gasteiger partial charge in [-0.05, 0) is 37.6 Å². The van der Waals surface area contributed by atoms with Gasteiger partial charge in [-0.3, -0.25) is 0 Å². The molecule has 1 aromatic heterocycles. The monoisotopic (exact) mass is 243 g/mol. The number of thiazole rings is 1. The fraction of sp³-hybridized carbons (Fsp3) is 0.231. The SMILES string of the molecule is Cc1csc(CNc2ccc(C#N)c(C)c2)n1. The lowest BCUT2D eigenvalue weighted by molar-refractivity contribution is 1.07. The molecule has 0 fully saturated rings. The van der Waals surface area contributed by atoms with E-state index < -0.39 is 0 Å². The summed E-state index contributed by atoms with van der Waals surface area (Å²) in [6, 6.07) is 7.91. The van der Waals surface area contributed by atoms with E-state index >= 15 is 0 Å². The van der Waals surface area contributed by atoms with E-state index in [4.69, 9.17) is 5.26 Å². The zero-order chi connectivity index (χ0) is 12.3. The normalized spacial score (nSPS) is 9.94. The maximum atomic E-state index is 8.84. The van der Waals surface area contributed by atoms with Gasteiger partial charge >= 0.3 is 0 Å². The summed E-state index contributed by atoms with van der Waals surface area (Å²) in [5.41, 5.74) is 3.80. The molecule has 0 saturated carbocycles. The molecular weight excluding hydrogens is 230 g/mol. The van der Waals surface area contributed by atoms with Gasteiger partial charge in [0, 0.05) is 16.8 Å². The van der Waals surface area contributed by atoms with Crippen LogP contribution in [0.5, 0.6) is 0 Å². The van der Waals surface area contributed by atoms with E-state index in [0.29, 0.717) is 0 Å². The molecule has 2 rings (SSSR count). The van der Waals surface area contributed by atoms with Gasteiger partial charge in [0.2, 0.25) is 0 Å². The number of hydrogen-bond donors (Lipinski definition) is 1. The number of hydrogen-bond acceptors (Lipinski definition) is 4. The van der Waals surface area contributed by atoms with Gasteiger partial charge in [-0.2, -0.15) is 5.26 Å². The summed E-state index contributed by atoms with van der Waals surface area (Å²) in [6.07, 6.45) is 0. The molecular formula is C13H13N3S. The average molecular weight is 243 g/mol. The van der Waals surface area contributed by atoms with Gasteiger partial charge in [0.15, 0.2) is 0 Å². The molecule has 0 radical (unpaired) electrons. The summed E-state index contributed by atoms with van der Waals surface area (Å²) in [4.78, 5) is 4.39. The summed E-state index contributed by atoms with van der Waals surface area (Å²) in [5.74, 6) is 0. The van der Waals surface area contributed by atoms with Crippen molar-refractivity contribution in [3.63, 3.8) is 0 Å². The number of nitrogens with one attached hydrogen (secondary N) is 1. The van der Waals surface area contributed by atoms with Crippen LogP contribution in [-0.4, -0.2) is 4.98 Å². The second-order valence-corrected chi connectivity index (χ2v) is 4.82. The minimum atomic E-state index is 0.723. The predicted molar refractivity (Wildman–Crippen MR) is 70.1 cm³/mol. The Morgan fingerprint density at radius 1 is 1.41 bits per heavy atom. The molecule has 0 amide bonds. The third-order valence-electron chi connectivity index (χ3n) is 2.46. The lowest BCUT2D eigenvalue weighted by atomic mass is 10.1. The molecule has 2 aromatic rings. The zero-order valence-corrected chi connectivity index (χ0v) is 10.6. The van der Waals surface area contributed by atoms with E-state index in [1.54, 1.807) is 11.3 Å². The van der Waals surface area contributed by atoms with Crippen LogP contribution in [0.2, 0.25) is 0 Å². The Morgan fingerprint density at radius 3 is 2.82 bits per heavy atom. The van der Waals surface area contributed by atoms with Crippen LogP contribution in [-0.2, 0) is 6.54 Å². The number of nitriles is 1. The second kappa shape index (κ2) is 4.98. The zero-order valence-electron chi connectivity index (χ0n) is 9.82. The molecule has 0 aliphatic heterocycles. The topological polar surface area (TPSA) is 48.7 Å². The van der Waals surface area contributed by atoms with Gasteiger partial charge < -0.3 is 5.32 Å². The Labute approximate surface area is 105 Å². The van der Waals surface area contributed by atoms with Crippen LogP contribution in [0.15, 0.2) is 23.6 Å². The van der Waals surface area contributed by atoms with E-state index in [1.807, 2.05) is 37.4 Å². The van der Waals surface area contributed by atoms with Crippen molar-refractivity contribution in [2.45, 2.75) is 20.4 Å². The van der Waals surface area contributed by atoms with Crippen molar-refractivity contribution in [3.05, 3.63) is 45.4 Å². The molecule has 0 unspecified atom stereocenters. The lowest BCUT2D eigenvalue weighted by Gasteiger charge is -2.06. The molecule has 0 bridgehead atoms. The largest absolute Gasteiger partial charge is 0.379 e. The molecule has 1 aromatic carbocycles. The quantitative estimate of drug-likeness (QED) is 0.900. The van der Waals surface area contributed by atoms with Crippen LogP contribution in [0.3, 0.4) is 0 Å². The molecule has 1 heterocycles. The number of rotatable bonds is 3. The van der Waals surface area contributed by atoms with E-state index in [0.717, 1.165) is 34.1 Å².